The maximum Gasteiger partial charge on any atom is 0.162 e. The molecule has 3 rings (SSSR count). The summed E-state index contributed by atoms with van der Waals surface area (Å²) in [5.74, 6) is 2.34. The van der Waals surface area contributed by atoms with Crippen molar-refractivity contribution in [2.24, 2.45) is 0 Å². The predicted octanol–water partition coefficient (Wildman–Crippen LogP) is 2.09. The quantitative estimate of drug-likeness (QED) is 0.820. The van der Waals surface area contributed by atoms with Gasteiger partial charge in [-0.1, -0.05) is 0 Å². The van der Waals surface area contributed by atoms with Gasteiger partial charge in [-0.05, 0) is 25.8 Å². The second-order valence-corrected chi connectivity index (χ2v) is 5.09. The van der Waals surface area contributed by atoms with E-state index in [0.717, 1.165) is 23.7 Å². The van der Waals surface area contributed by atoms with Gasteiger partial charge in [-0.15, -0.1) is 0 Å². The predicted molar refractivity (Wildman–Crippen MR) is 79.7 cm³/mol. The molecular weight excluding hydrogens is 270 g/mol. The van der Waals surface area contributed by atoms with Crippen LogP contribution in [0.3, 0.4) is 0 Å². The van der Waals surface area contributed by atoms with Crippen molar-refractivity contribution in [1.82, 2.24) is 9.97 Å². The lowest BCUT2D eigenvalue weighted by atomic mass is 10.2. The van der Waals surface area contributed by atoms with Gasteiger partial charge in [-0.25, -0.2) is 9.97 Å². The third-order valence-corrected chi connectivity index (χ3v) is 3.34. The minimum Gasteiger partial charge on any atom is -0.493 e. The fraction of sp³-hybridized carbons (Fsp3) is 0.467. The third kappa shape index (κ3) is 3.16. The first-order valence-electron chi connectivity index (χ1n) is 7.03. The summed E-state index contributed by atoms with van der Waals surface area (Å²) >= 11 is 0. The minimum atomic E-state index is 0.430. The van der Waals surface area contributed by atoms with Crippen molar-refractivity contribution in [2.75, 3.05) is 26.1 Å². The van der Waals surface area contributed by atoms with Gasteiger partial charge in [-0.3, -0.25) is 0 Å². The molecular formula is C15H19N3O3. The van der Waals surface area contributed by atoms with E-state index in [9.17, 15) is 0 Å². The Balaban J connectivity index is 1.81. The van der Waals surface area contributed by atoms with Gasteiger partial charge in [0.15, 0.2) is 11.5 Å². The number of anilines is 1. The second kappa shape index (κ2) is 5.73. The van der Waals surface area contributed by atoms with E-state index >= 15 is 0 Å². The molecule has 0 aliphatic heterocycles. The van der Waals surface area contributed by atoms with Crippen molar-refractivity contribution in [3.05, 3.63) is 18.0 Å². The first-order chi connectivity index (χ1) is 10.2. The van der Waals surface area contributed by atoms with E-state index in [1.54, 1.807) is 7.11 Å². The van der Waals surface area contributed by atoms with Crippen LogP contribution in [0.25, 0.3) is 10.9 Å². The first-order valence-corrected chi connectivity index (χ1v) is 7.03. The molecule has 1 fully saturated rings. The molecule has 2 aromatic rings. The zero-order valence-corrected chi connectivity index (χ0v) is 12.3. The summed E-state index contributed by atoms with van der Waals surface area (Å²) in [6.07, 6.45) is 2.75. The summed E-state index contributed by atoms with van der Waals surface area (Å²) in [5.41, 5.74) is 6.70. The molecule has 0 saturated heterocycles. The molecule has 2 N–H and O–H groups in total. The third-order valence-electron chi connectivity index (χ3n) is 3.34. The monoisotopic (exact) mass is 289 g/mol. The molecule has 0 amide bonds. The van der Waals surface area contributed by atoms with Gasteiger partial charge in [0.2, 0.25) is 0 Å². The van der Waals surface area contributed by atoms with Crippen LogP contribution in [0.4, 0.5) is 5.82 Å². The Labute approximate surface area is 123 Å². The lowest BCUT2D eigenvalue weighted by Crippen LogP contribution is -2.08. The van der Waals surface area contributed by atoms with E-state index in [0.29, 0.717) is 42.5 Å². The van der Waals surface area contributed by atoms with E-state index in [1.807, 2.05) is 19.1 Å². The Morgan fingerprint density at radius 2 is 2.00 bits per heavy atom. The van der Waals surface area contributed by atoms with Gasteiger partial charge in [0.25, 0.3) is 0 Å². The number of nitrogen functional groups attached to an aromatic ring is 1. The maximum atomic E-state index is 5.95. The van der Waals surface area contributed by atoms with Crippen molar-refractivity contribution in [3.63, 3.8) is 0 Å². The molecule has 21 heavy (non-hydrogen) atoms. The smallest absolute Gasteiger partial charge is 0.162 e. The average Bonchev–Trinajstić information content (AvgIpc) is 3.27. The standard InChI is InChI=1S/C15H19N3O3/c1-9-17-12-8-13(19-2)14(7-11(12)15(16)18-9)21-6-5-20-10-3-4-10/h7-8,10H,3-6H2,1-2H3,(H2,16,17,18). The molecule has 1 aliphatic rings. The Morgan fingerprint density at radius 3 is 2.71 bits per heavy atom. The molecule has 0 bridgehead atoms. The molecule has 1 saturated carbocycles. The minimum absolute atomic E-state index is 0.430. The summed E-state index contributed by atoms with van der Waals surface area (Å²) in [6.45, 7) is 2.86. The van der Waals surface area contributed by atoms with E-state index < -0.39 is 0 Å². The van der Waals surface area contributed by atoms with Gasteiger partial charge < -0.3 is 19.9 Å². The molecule has 0 spiro atoms. The van der Waals surface area contributed by atoms with E-state index in [2.05, 4.69) is 9.97 Å². The summed E-state index contributed by atoms with van der Waals surface area (Å²) in [7, 11) is 1.60. The van der Waals surface area contributed by atoms with Crippen molar-refractivity contribution in [2.45, 2.75) is 25.9 Å². The number of benzene rings is 1. The average molecular weight is 289 g/mol. The van der Waals surface area contributed by atoms with Gasteiger partial charge >= 0.3 is 0 Å². The van der Waals surface area contributed by atoms with Crippen molar-refractivity contribution in [3.8, 4) is 11.5 Å². The SMILES string of the molecule is COc1cc2nc(C)nc(N)c2cc1OCCOC1CC1. The Bertz CT molecular complexity index is 656. The zero-order valence-electron chi connectivity index (χ0n) is 12.3. The van der Waals surface area contributed by atoms with E-state index in [-0.39, 0.29) is 0 Å². The van der Waals surface area contributed by atoms with Crippen molar-refractivity contribution < 1.29 is 14.2 Å². The molecule has 1 aromatic heterocycles. The molecule has 6 nitrogen and oxygen atoms in total. The van der Waals surface area contributed by atoms with Crippen LogP contribution < -0.4 is 15.2 Å². The number of aromatic nitrogens is 2. The molecule has 0 atom stereocenters. The molecule has 1 heterocycles. The van der Waals surface area contributed by atoms with Crippen molar-refractivity contribution in [1.29, 1.82) is 0 Å². The fourth-order valence-corrected chi connectivity index (χ4v) is 2.15. The number of nitrogens with zero attached hydrogens (tertiary/aromatic N) is 2. The number of ether oxygens (including phenoxy) is 3. The van der Waals surface area contributed by atoms with Crippen LogP contribution in [0.1, 0.15) is 18.7 Å². The summed E-state index contributed by atoms with van der Waals surface area (Å²) in [4.78, 5) is 8.53. The highest BCUT2D eigenvalue weighted by molar-refractivity contribution is 5.90. The number of fused-ring (bicyclic) bond motifs is 1. The van der Waals surface area contributed by atoms with Gasteiger partial charge in [0, 0.05) is 11.5 Å². The molecule has 1 aromatic carbocycles. The van der Waals surface area contributed by atoms with Crippen LogP contribution in [-0.2, 0) is 4.74 Å². The van der Waals surface area contributed by atoms with Gasteiger partial charge in [-0.2, -0.15) is 0 Å². The normalized spacial score (nSPS) is 14.4. The number of methoxy groups -OCH3 is 1. The van der Waals surface area contributed by atoms with Crippen LogP contribution in [0.2, 0.25) is 0 Å². The Kier molecular flexibility index (Phi) is 3.79. The highest BCUT2D eigenvalue weighted by Crippen LogP contribution is 2.33. The lowest BCUT2D eigenvalue weighted by Gasteiger charge is -2.13. The van der Waals surface area contributed by atoms with Gasteiger partial charge in [0.05, 0.1) is 25.3 Å². The number of nitrogens with two attached hydrogens (primary N) is 1. The van der Waals surface area contributed by atoms with Crippen LogP contribution in [0.5, 0.6) is 11.5 Å². The second-order valence-electron chi connectivity index (χ2n) is 5.09. The highest BCUT2D eigenvalue weighted by atomic mass is 16.5. The van der Waals surface area contributed by atoms with Gasteiger partial charge in [0.1, 0.15) is 18.2 Å². The molecule has 112 valence electrons. The number of aryl methyl sites for hydroxylation is 1. The van der Waals surface area contributed by atoms with Crippen LogP contribution >= 0.6 is 0 Å². The molecule has 1 aliphatic carbocycles. The summed E-state index contributed by atoms with van der Waals surface area (Å²) in [6, 6.07) is 3.64. The van der Waals surface area contributed by atoms with Crippen LogP contribution in [0, 0.1) is 6.92 Å². The first kappa shape index (κ1) is 13.9. The number of hydrogen-bond acceptors (Lipinski definition) is 6. The van der Waals surface area contributed by atoms with Crippen LogP contribution in [0.15, 0.2) is 12.1 Å². The molecule has 0 radical (unpaired) electrons. The highest BCUT2D eigenvalue weighted by Gasteiger charge is 2.21. The molecule has 0 unspecified atom stereocenters. The lowest BCUT2D eigenvalue weighted by molar-refractivity contribution is 0.0872. The largest absolute Gasteiger partial charge is 0.493 e. The van der Waals surface area contributed by atoms with E-state index in [1.165, 1.54) is 0 Å². The number of rotatable bonds is 6. The fourth-order valence-electron chi connectivity index (χ4n) is 2.15. The van der Waals surface area contributed by atoms with Crippen LogP contribution in [-0.4, -0.2) is 36.4 Å². The van der Waals surface area contributed by atoms with Crippen molar-refractivity contribution >= 4 is 16.7 Å². The van der Waals surface area contributed by atoms with E-state index in [4.69, 9.17) is 19.9 Å². The Morgan fingerprint density at radius 1 is 1.19 bits per heavy atom. The summed E-state index contributed by atoms with van der Waals surface area (Å²) in [5, 5.41) is 0.763. The Hall–Kier alpha value is -2.08. The zero-order chi connectivity index (χ0) is 14.8. The summed E-state index contributed by atoms with van der Waals surface area (Å²) < 4.78 is 16.7. The number of hydrogen-bond donors (Lipinski definition) is 1. The maximum absolute atomic E-state index is 5.95. The topological polar surface area (TPSA) is 79.5 Å². The molecule has 6 heteroatoms.